The van der Waals surface area contributed by atoms with Gasteiger partial charge in [-0.2, -0.15) is 0 Å². The highest BCUT2D eigenvalue weighted by Gasteiger charge is 2.30. The summed E-state index contributed by atoms with van der Waals surface area (Å²) in [5.74, 6) is 0.991. The first-order valence-electron chi connectivity index (χ1n) is 5.75. The molecule has 0 radical (unpaired) electrons. The smallest absolute Gasteiger partial charge is 0.225 e. The molecule has 16 heavy (non-hydrogen) atoms. The van der Waals surface area contributed by atoms with Crippen molar-refractivity contribution in [2.45, 2.75) is 32.4 Å². The van der Waals surface area contributed by atoms with E-state index in [4.69, 9.17) is 4.42 Å². The molecule has 88 valence electrons. The molecule has 0 bridgehead atoms. The molecule has 2 heterocycles. The molecule has 4 heteroatoms. The van der Waals surface area contributed by atoms with Crippen molar-refractivity contribution < 1.29 is 9.21 Å². The topological polar surface area (TPSA) is 54.3 Å². The quantitative estimate of drug-likeness (QED) is 0.814. The minimum Gasteiger partial charge on any atom is -0.467 e. The lowest BCUT2D eigenvalue weighted by atomic mass is 10.0. The van der Waals surface area contributed by atoms with E-state index >= 15 is 0 Å². The van der Waals surface area contributed by atoms with Gasteiger partial charge in [-0.15, -0.1) is 0 Å². The minimum absolute atomic E-state index is 0.0599. The lowest BCUT2D eigenvalue weighted by molar-refractivity contribution is -0.125. The lowest BCUT2D eigenvalue weighted by Crippen LogP contribution is -2.37. The van der Waals surface area contributed by atoms with E-state index < -0.39 is 0 Å². The number of carbonyl (C=O) groups is 1. The van der Waals surface area contributed by atoms with Gasteiger partial charge in [-0.25, -0.2) is 0 Å². The predicted octanol–water partition coefficient (Wildman–Crippen LogP) is 1.45. The number of amides is 1. The molecule has 0 aliphatic carbocycles. The van der Waals surface area contributed by atoms with E-state index in [9.17, 15) is 4.79 Å². The third-order valence-electron chi connectivity index (χ3n) is 3.19. The number of rotatable bonds is 3. The summed E-state index contributed by atoms with van der Waals surface area (Å²) in [5.41, 5.74) is 0. The highest BCUT2D eigenvalue weighted by atomic mass is 16.3. The number of furan rings is 1. The molecule has 1 saturated heterocycles. The van der Waals surface area contributed by atoms with Gasteiger partial charge in [0.2, 0.25) is 5.91 Å². The van der Waals surface area contributed by atoms with Gasteiger partial charge in [-0.05, 0) is 38.9 Å². The summed E-state index contributed by atoms with van der Waals surface area (Å²) in [6, 6.07) is 3.91. The summed E-state index contributed by atoms with van der Waals surface area (Å²) in [6.45, 7) is 4.91. The summed E-state index contributed by atoms with van der Waals surface area (Å²) in [4.78, 5) is 12.0. The van der Waals surface area contributed by atoms with Crippen molar-refractivity contribution in [2.75, 3.05) is 6.54 Å². The van der Waals surface area contributed by atoms with Gasteiger partial charge in [-0.3, -0.25) is 4.79 Å². The minimum atomic E-state index is -0.0599. The molecule has 1 aliphatic heterocycles. The van der Waals surface area contributed by atoms with Crippen LogP contribution in [-0.2, 0) is 4.79 Å². The van der Waals surface area contributed by atoms with E-state index in [0.29, 0.717) is 0 Å². The Balaban J connectivity index is 1.92. The van der Waals surface area contributed by atoms with Gasteiger partial charge in [0.15, 0.2) is 0 Å². The molecule has 3 atom stereocenters. The molecule has 2 rings (SSSR count). The van der Waals surface area contributed by atoms with Crippen LogP contribution >= 0.6 is 0 Å². The highest BCUT2D eigenvalue weighted by Crippen LogP contribution is 2.18. The maximum Gasteiger partial charge on any atom is 0.225 e. The summed E-state index contributed by atoms with van der Waals surface area (Å²) >= 11 is 0. The molecule has 1 aromatic heterocycles. The summed E-state index contributed by atoms with van der Waals surface area (Å²) in [5, 5.41) is 6.26. The van der Waals surface area contributed by atoms with Crippen molar-refractivity contribution in [1.82, 2.24) is 10.6 Å². The fraction of sp³-hybridized carbons (Fsp3) is 0.583. The van der Waals surface area contributed by atoms with Gasteiger partial charge in [-0.1, -0.05) is 0 Å². The second kappa shape index (κ2) is 4.70. The molecule has 2 unspecified atom stereocenters. The van der Waals surface area contributed by atoms with Crippen LogP contribution in [0, 0.1) is 5.92 Å². The van der Waals surface area contributed by atoms with E-state index in [1.165, 1.54) is 0 Å². The van der Waals surface area contributed by atoms with Gasteiger partial charge in [0.25, 0.3) is 0 Å². The molecule has 2 N–H and O–H groups in total. The molecule has 4 nitrogen and oxygen atoms in total. The number of hydrogen-bond donors (Lipinski definition) is 2. The number of nitrogens with one attached hydrogen (secondary N) is 2. The van der Waals surface area contributed by atoms with Crippen LogP contribution in [0.2, 0.25) is 0 Å². The van der Waals surface area contributed by atoms with E-state index in [2.05, 4.69) is 17.6 Å². The third-order valence-corrected chi connectivity index (χ3v) is 3.19. The molecule has 0 spiro atoms. The highest BCUT2D eigenvalue weighted by molar-refractivity contribution is 5.80. The predicted molar refractivity (Wildman–Crippen MR) is 60.8 cm³/mol. The normalized spacial score (nSPS) is 26.6. The fourth-order valence-electron chi connectivity index (χ4n) is 2.15. The summed E-state index contributed by atoms with van der Waals surface area (Å²) in [6.07, 6.45) is 2.54. The zero-order valence-corrected chi connectivity index (χ0v) is 9.69. The van der Waals surface area contributed by atoms with E-state index in [1.807, 2.05) is 19.1 Å². The standard InChI is InChI=1S/C12H18N2O2/c1-8-10(5-6-13-8)12(15)14-9(2)11-4-3-7-16-11/h3-4,7-10,13H,5-6H2,1-2H3,(H,14,15)/t8?,9-,10?/m0/s1. The fourth-order valence-corrected chi connectivity index (χ4v) is 2.15. The molecular formula is C12H18N2O2. The zero-order valence-electron chi connectivity index (χ0n) is 9.69. The summed E-state index contributed by atoms with van der Waals surface area (Å²) < 4.78 is 5.26. The molecule has 1 amide bonds. The Hall–Kier alpha value is -1.29. The Bertz CT molecular complexity index is 348. The van der Waals surface area contributed by atoms with Crippen molar-refractivity contribution in [3.63, 3.8) is 0 Å². The number of hydrogen-bond acceptors (Lipinski definition) is 3. The maximum atomic E-state index is 12.0. The largest absolute Gasteiger partial charge is 0.467 e. The van der Waals surface area contributed by atoms with Crippen LogP contribution in [0.5, 0.6) is 0 Å². The molecule has 1 fully saturated rings. The van der Waals surface area contributed by atoms with Crippen molar-refractivity contribution in [2.24, 2.45) is 5.92 Å². The Morgan fingerprint density at radius 3 is 3.06 bits per heavy atom. The van der Waals surface area contributed by atoms with Gasteiger partial charge in [0, 0.05) is 6.04 Å². The molecule has 1 aromatic rings. The Labute approximate surface area is 95.4 Å². The number of carbonyl (C=O) groups excluding carboxylic acids is 1. The Kier molecular flexibility index (Phi) is 3.29. The molecular weight excluding hydrogens is 204 g/mol. The van der Waals surface area contributed by atoms with Crippen LogP contribution in [0.1, 0.15) is 32.1 Å². The van der Waals surface area contributed by atoms with E-state index in [1.54, 1.807) is 6.26 Å². The van der Waals surface area contributed by atoms with Crippen LogP contribution in [0.25, 0.3) is 0 Å². The van der Waals surface area contributed by atoms with Crippen molar-refractivity contribution in [3.05, 3.63) is 24.2 Å². The van der Waals surface area contributed by atoms with Crippen LogP contribution in [-0.4, -0.2) is 18.5 Å². The van der Waals surface area contributed by atoms with Crippen molar-refractivity contribution in [1.29, 1.82) is 0 Å². The SMILES string of the molecule is CC1NCCC1C(=O)N[C@@H](C)c1ccco1. The van der Waals surface area contributed by atoms with Gasteiger partial charge in [0.05, 0.1) is 18.2 Å². The van der Waals surface area contributed by atoms with E-state index in [-0.39, 0.29) is 23.9 Å². The second-order valence-corrected chi connectivity index (χ2v) is 4.38. The molecule has 0 saturated carbocycles. The van der Waals surface area contributed by atoms with Crippen LogP contribution < -0.4 is 10.6 Å². The van der Waals surface area contributed by atoms with Crippen LogP contribution in [0.15, 0.2) is 22.8 Å². The third kappa shape index (κ3) is 2.27. The summed E-state index contributed by atoms with van der Waals surface area (Å²) in [7, 11) is 0. The van der Waals surface area contributed by atoms with E-state index in [0.717, 1.165) is 18.7 Å². The maximum absolute atomic E-state index is 12.0. The molecule has 1 aliphatic rings. The monoisotopic (exact) mass is 222 g/mol. The average molecular weight is 222 g/mol. The van der Waals surface area contributed by atoms with Gasteiger partial charge >= 0.3 is 0 Å². The Morgan fingerprint density at radius 1 is 1.69 bits per heavy atom. The van der Waals surface area contributed by atoms with Crippen molar-refractivity contribution in [3.8, 4) is 0 Å². The van der Waals surface area contributed by atoms with Gasteiger partial charge < -0.3 is 15.1 Å². The van der Waals surface area contributed by atoms with Gasteiger partial charge in [0.1, 0.15) is 5.76 Å². The average Bonchev–Trinajstić information content (AvgIpc) is 2.86. The lowest BCUT2D eigenvalue weighted by Gasteiger charge is -2.18. The first-order valence-corrected chi connectivity index (χ1v) is 5.75. The first-order chi connectivity index (χ1) is 7.68. The Morgan fingerprint density at radius 2 is 2.50 bits per heavy atom. The second-order valence-electron chi connectivity index (χ2n) is 4.38. The first kappa shape index (κ1) is 11.2. The van der Waals surface area contributed by atoms with Crippen LogP contribution in [0.4, 0.5) is 0 Å². The van der Waals surface area contributed by atoms with Crippen LogP contribution in [0.3, 0.4) is 0 Å². The zero-order chi connectivity index (χ0) is 11.5. The van der Waals surface area contributed by atoms with Crippen molar-refractivity contribution >= 4 is 5.91 Å². The molecule has 0 aromatic carbocycles.